The first kappa shape index (κ1) is 14.6. The summed E-state index contributed by atoms with van der Waals surface area (Å²) >= 11 is 0. The fourth-order valence-corrected chi connectivity index (χ4v) is 1.83. The van der Waals surface area contributed by atoms with Crippen LogP contribution in [0.5, 0.6) is 5.75 Å². The summed E-state index contributed by atoms with van der Waals surface area (Å²) in [5.74, 6) is -0.501. The molecule has 110 valence electrons. The van der Waals surface area contributed by atoms with E-state index in [1.807, 2.05) is 0 Å². The van der Waals surface area contributed by atoms with E-state index in [1.165, 1.54) is 24.3 Å². The van der Waals surface area contributed by atoms with Crippen LogP contribution in [-0.4, -0.2) is 25.0 Å². The minimum absolute atomic E-state index is 0.102. The largest absolute Gasteiger partial charge is 0.573 e. The van der Waals surface area contributed by atoms with Gasteiger partial charge in [-0.2, -0.15) is 0 Å². The number of nitrogens with one attached hydrogen (secondary N) is 3. The lowest BCUT2D eigenvalue weighted by molar-refractivity contribution is -0.274. The maximum Gasteiger partial charge on any atom is 0.573 e. The van der Waals surface area contributed by atoms with E-state index in [0.29, 0.717) is 5.56 Å². The fourth-order valence-electron chi connectivity index (χ4n) is 1.83. The Kier molecular flexibility index (Phi) is 4.46. The molecule has 5 nitrogen and oxygen atoms in total. The summed E-state index contributed by atoms with van der Waals surface area (Å²) in [5.41, 5.74) is 6.38. The number of carbonyl (C=O) groups is 1. The maximum absolute atomic E-state index is 12.0. The van der Waals surface area contributed by atoms with Gasteiger partial charge in [0, 0.05) is 6.54 Å². The molecule has 1 aliphatic heterocycles. The molecular weight excluding hydrogens is 275 g/mol. The van der Waals surface area contributed by atoms with Gasteiger partial charge in [0.05, 0.1) is 12.6 Å². The molecule has 1 aromatic rings. The maximum atomic E-state index is 12.0. The lowest BCUT2D eigenvalue weighted by Gasteiger charge is -2.12. The van der Waals surface area contributed by atoms with Gasteiger partial charge in [-0.25, -0.2) is 5.43 Å². The van der Waals surface area contributed by atoms with Gasteiger partial charge < -0.3 is 10.1 Å². The van der Waals surface area contributed by atoms with Gasteiger partial charge in [0.1, 0.15) is 5.75 Å². The summed E-state index contributed by atoms with van der Waals surface area (Å²) in [4.78, 5) is 11.7. The van der Waals surface area contributed by atoms with Crippen molar-refractivity contribution in [3.05, 3.63) is 29.8 Å². The van der Waals surface area contributed by atoms with Crippen molar-refractivity contribution >= 4 is 5.91 Å². The van der Waals surface area contributed by atoms with Crippen molar-refractivity contribution in [2.75, 3.05) is 6.54 Å². The van der Waals surface area contributed by atoms with E-state index in [-0.39, 0.29) is 24.2 Å². The van der Waals surface area contributed by atoms with E-state index in [9.17, 15) is 18.0 Å². The van der Waals surface area contributed by atoms with Crippen molar-refractivity contribution in [1.82, 2.24) is 16.2 Å². The highest BCUT2D eigenvalue weighted by Gasteiger charge is 2.30. The Hall–Kier alpha value is -1.80. The predicted molar refractivity (Wildman–Crippen MR) is 64.5 cm³/mol. The van der Waals surface area contributed by atoms with E-state index in [0.717, 1.165) is 13.0 Å². The Morgan fingerprint density at radius 3 is 2.60 bits per heavy atom. The predicted octanol–water partition coefficient (Wildman–Crippen LogP) is 1.07. The standard InChI is InChI=1S/C12H14F3N3O2/c13-12(14,15)20-9-3-1-8(2-4-9)7-11(19)17-10-5-6-16-18-10/h1-4,10,16,18H,5-7H2,(H,17,19). The number of hydrogen-bond donors (Lipinski definition) is 3. The molecule has 8 heteroatoms. The van der Waals surface area contributed by atoms with Crippen LogP contribution >= 0.6 is 0 Å². The molecule has 1 aliphatic rings. The van der Waals surface area contributed by atoms with Crippen molar-refractivity contribution in [1.29, 1.82) is 0 Å². The molecule has 2 rings (SSSR count). The van der Waals surface area contributed by atoms with Crippen molar-refractivity contribution < 1.29 is 22.7 Å². The smallest absolute Gasteiger partial charge is 0.406 e. The van der Waals surface area contributed by atoms with Crippen LogP contribution in [0, 0.1) is 0 Å². The minimum Gasteiger partial charge on any atom is -0.406 e. The Labute approximate surface area is 113 Å². The highest BCUT2D eigenvalue weighted by molar-refractivity contribution is 5.78. The number of hydrogen-bond acceptors (Lipinski definition) is 4. The van der Waals surface area contributed by atoms with Crippen molar-refractivity contribution in [3.8, 4) is 5.75 Å². The molecule has 0 spiro atoms. The minimum atomic E-state index is -4.71. The molecule has 0 saturated carbocycles. The molecule has 0 aliphatic carbocycles. The second-order valence-corrected chi connectivity index (χ2v) is 4.35. The summed E-state index contributed by atoms with van der Waals surface area (Å²) in [6.07, 6.45) is -3.94. The van der Waals surface area contributed by atoms with Crippen molar-refractivity contribution in [3.63, 3.8) is 0 Å². The van der Waals surface area contributed by atoms with Crippen LogP contribution in [0.3, 0.4) is 0 Å². The average Bonchev–Trinajstić information content (AvgIpc) is 2.82. The molecule has 0 bridgehead atoms. The molecule has 1 fully saturated rings. The van der Waals surface area contributed by atoms with E-state index in [4.69, 9.17) is 0 Å². The Morgan fingerprint density at radius 2 is 2.05 bits per heavy atom. The molecule has 3 N–H and O–H groups in total. The highest BCUT2D eigenvalue weighted by Crippen LogP contribution is 2.22. The van der Waals surface area contributed by atoms with Crippen LogP contribution in [0.2, 0.25) is 0 Å². The lowest BCUT2D eigenvalue weighted by Crippen LogP contribution is -2.44. The molecule has 1 heterocycles. The van der Waals surface area contributed by atoms with Crippen LogP contribution in [0.25, 0.3) is 0 Å². The molecule has 1 unspecified atom stereocenters. The van der Waals surface area contributed by atoms with Gasteiger partial charge in [-0.15, -0.1) is 13.2 Å². The topological polar surface area (TPSA) is 62.4 Å². The number of carbonyl (C=O) groups excluding carboxylic acids is 1. The third-order valence-corrected chi connectivity index (χ3v) is 2.69. The van der Waals surface area contributed by atoms with Gasteiger partial charge in [0.25, 0.3) is 0 Å². The second kappa shape index (κ2) is 6.10. The van der Waals surface area contributed by atoms with Gasteiger partial charge in [0.2, 0.25) is 5.91 Å². The van der Waals surface area contributed by atoms with E-state index in [2.05, 4.69) is 20.9 Å². The second-order valence-electron chi connectivity index (χ2n) is 4.35. The third-order valence-electron chi connectivity index (χ3n) is 2.69. The summed E-state index contributed by atoms with van der Waals surface area (Å²) < 4.78 is 39.7. The van der Waals surface area contributed by atoms with E-state index >= 15 is 0 Å². The molecule has 1 atom stereocenters. The van der Waals surface area contributed by atoms with E-state index in [1.54, 1.807) is 0 Å². The number of hydrazine groups is 1. The van der Waals surface area contributed by atoms with Crippen LogP contribution in [0.15, 0.2) is 24.3 Å². The number of alkyl halides is 3. The van der Waals surface area contributed by atoms with Gasteiger partial charge in [-0.1, -0.05) is 12.1 Å². The molecule has 1 aromatic carbocycles. The van der Waals surface area contributed by atoms with Crippen LogP contribution in [0.1, 0.15) is 12.0 Å². The van der Waals surface area contributed by atoms with Gasteiger partial charge in [-0.05, 0) is 24.1 Å². The molecular formula is C12H14F3N3O2. The Balaban J connectivity index is 1.85. The quantitative estimate of drug-likeness (QED) is 0.776. The van der Waals surface area contributed by atoms with Crippen molar-refractivity contribution in [2.45, 2.75) is 25.4 Å². The number of rotatable bonds is 4. The zero-order valence-electron chi connectivity index (χ0n) is 10.5. The molecule has 0 radical (unpaired) electrons. The van der Waals surface area contributed by atoms with Crippen molar-refractivity contribution in [2.24, 2.45) is 0 Å². The van der Waals surface area contributed by atoms with Gasteiger partial charge in [-0.3, -0.25) is 10.2 Å². The Bertz CT molecular complexity index is 456. The summed E-state index contributed by atoms with van der Waals surface area (Å²) in [5, 5.41) is 2.76. The molecule has 1 amide bonds. The normalized spacial score (nSPS) is 18.9. The summed E-state index contributed by atoms with van der Waals surface area (Å²) in [7, 11) is 0. The molecule has 1 saturated heterocycles. The average molecular weight is 289 g/mol. The first-order chi connectivity index (χ1) is 9.42. The van der Waals surface area contributed by atoms with E-state index < -0.39 is 6.36 Å². The van der Waals surface area contributed by atoms with Gasteiger partial charge in [0.15, 0.2) is 0 Å². The zero-order valence-corrected chi connectivity index (χ0v) is 10.5. The molecule has 20 heavy (non-hydrogen) atoms. The first-order valence-electron chi connectivity index (χ1n) is 6.05. The Morgan fingerprint density at radius 1 is 1.35 bits per heavy atom. The number of benzene rings is 1. The van der Waals surface area contributed by atoms with Crippen LogP contribution < -0.4 is 20.9 Å². The SMILES string of the molecule is O=C(Cc1ccc(OC(F)(F)F)cc1)NC1CCNN1. The summed E-state index contributed by atoms with van der Waals surface area (Å²) in [6, 6.07) is 5.24. The lowest BCUT2D eigenvalue weighted by atomic mass is 10.1. The van der Waals surface area contributed by atoms with Gasteiger partial charge >= 0.3 is 6.36 Å². The highest BCUT2D eigenvalue weighted by atomic mass is 19.4. The van der Waals surface area contributed by atoms with Crippen LogP contribution in [0.4, 0.5) is 13.2 Å². The number of halogens is 3. The zero-order chi connectivity index (χ0) is 14.6. The molecule has 0 aromatic heterocycles. The summed E-state index contributed by atoms with van der Waals surface area (Å²) in [6.45, 7) is 0.772. The first-order valence-corrected chi connectivity index (χ1v) is 6.05. The fraction of sp³-hybridized carbons (Fsp3) is 0.417. The third kappa shape index (κ3) is 4.71. The van der Waals surface area contributed by atoms with Crippen LogP contribution in [-0.2, 0) is 11.2 Å². The number of ether oxygens (including phenoxy) is 1. The monoisotopic (exact) mass is 289 g/mol. The number of amides is 1.